The van der Waals surface area contributed by atoms with Gasteiger partial charge < -0.3 is 15.5 Å². The molecule has 3 aliphatic rings. The molecule has 3 saturated carbocycles. The minimum atomic E-state index is 0.221. The molecule has 0 saturated heterocycles. The minimum absolute atomic E-state index is 0.221. The van der Waals surface area contributed by atoms with Gasteiger partial charge in [0.25, 0.3) is 0 Å². The molecule has 8 heteroatoms. The molecule has 1 amide bonds. The number of rotatable bonds is 11. The van der Waals surface area contributed by atoms with E-state index in [1.165, 1.54) is 37.7 Å². The smallest absolute Gasteiger partial charge is 0.231 e. The molecule has 3 N–H and O–H groups in total. The summed E-state index contributed by atoms with van der Waals surface area (Å²) >= 11 is 0. The number of nitrogens with one attached hydrogen (secondary N) is 3. The fraction of sp³-hybridized carbons (Fsp3) is 0.538. The molecule has 2 heterocycles. The van der Waals surface area contributed by atoms with Gasteiger partial charge in [0.15, 0.2) is 0 Å². The van der Waals surface area contributed by atoms with Crippen molar-refractivity contribution in [1.82, 2.24) is 25.5 Å². The first-order chi connectivity index (χ1) is 16.7. The first-order valence-corrected chi connectivity index (χ1v) is 12.8. The summed E-state index contributed by atoms with van der Waals surface area (Å²) in [6.07, 6.45) is 13.0. The monoisotopic (exact) mass is 459 g/mol. The third-order valence-electron chi connectivity index (χ3n) is 7.36. The molecule has 6 rings (SSSR count). The Bertz CT molecular complexity index is 1160. The van der Waals surface area contributed by atoms with Crippen LogP contribution in [0.3, 0.4) is 0 Å². The molecule has 8 nitrogen and oxygen atoms in total. The number of hydrogen-bond acceptors (Lipinski definition) is 6. The molecule has 0 atom stereocenters. The first kappa shape index (κ1) is 21.4. The maximum absolute atomic E-state index is 12.1. The Balaban J connectivity index is 1.17. The van der Waals surface area contributed by atoms with Crippen molar-refractivity contribution < 1.29 is 4.79 Å². The third-order valence-corrected chi connectivity index (χ3v) is 7.36. The molecule has 34 heavy (non-hydrogen) atoms. The molecule has 0 unspecified atom stereocenters. The SMILES string of the molecule is O=C(NCCCNc1nc(N(CC2CC2)c2ccc3cn[nH]c3c2)ncc1C1CC1)C1CCC1. The van der Waals surface area contributed by atoms with Gasteiger partial charge in [-0.1, -0.05) is 6.42 Å². The number of anilines is 3. The fourth-order valence-electron chi connectivity index (χ4n) is 4.62. The molecule has 3 aromatic rings. The summed E-state index contributed by atoms with van der Waals surface area (Å²) in [6.45, 7) is 2.41. The van der Waals surface area contributed by atoms with Crippen LogP contribution >= 0.6 is 0 Å². The number of nitrogens with zero attached hydrogens (tertiary/aromatic N) is 4. The average Bonchev–Trinajstić information content (AvgIpc) is 3.74. The Morgan fingerprint density at radius 1 is 1.09 bits per heavy atom. The van der Waals surface area contributed by atoms with Crippen LogP contribution in [0.25, 0.3) is 10.9 Å². The van der Waals surface area contributed by atoms with Gasteiger partial charge in [-0.25, -0.2) is 4.98 Å². The van der Waals surface area contributed by atoms with Crippen LogP contribution < -0.4 is 15.5 Å². The second-order valence-corrected chi connectivity index (χ2v) is 10.1. The summed E-state index contributed by atoms with van der Waals surface area (Å²) in [4.78, 5) is 24.2. The van der Waals surface area contributed by atoms with Crippen molar-refractivity contribution in [2.45, 2.75) is 57.3 Å². The van der Waals surface area contributed by atoms with Gasteiger partial charge in [-0.3, -0.25) is 9.89 Å². The van der Waals surface area contributed by atoms with E-state index in [1.54, 1.807) is 0 Å². The number of fused-ring (bicyclic) bond motifs is 1. The van der Waals surface area contributed by atoms with Crippen LogP contribution in [0.1, 0.15) is 62.8 Å². The molecule has 3 fully saturated rings. The number of aromatic amines is 1. The summed E-state index contributed by atoms with van der Waals surface area (Å²) < 4.78 is 0. The minimum Gasteiger partial charge on any atom is -0.370 e. The number of carbonyl (C=O) groups excluding carboxylic acids is 1. The molecule has 0 spiro atoms. The van der Waals surface area contributed by atoms with Crippen LogP contribution in [0, 0.1) is 11.8 Å². The highest BCUT2D eigenvalue weighted by Crippen LogP contribution is 2.43. The molecular weight excluding hydrogens is 426 g/mol. The van der Waals surface area contributed by atoms with E-state index in [9.17, 15) is 4.79 Å². The molecule has 0 bridgehead atoms. The van der Waals surface area contributed by atoms with Crippen molar-refractivity contribution in [3.63, 3.8) is 0 Å². The lowest BCUT2D eigenvalue weighted by Crippen LogP contribution is -2.35. The van der Waals surface area contributed by atoms with Crippen LogP contribution in [0.2, 0.25) is 0 Å². The van der Waals surface area contributed by atoms with Gasteiger partial charge in [-0.15, -0.1) is 0 Å². The fourth-order valence-corrected chi connectivity index (χ4v) is 4.62. The summed E-state index contributed by atoms with van der Waals surface area (Å²) in [5.74, 6) is 3.42. The van der Waals surface area contributed by atoms with E-state index < -0.39 is 0 Å². The molecule has 1 aromatic carbocycles. The van der Waals surface area contributed by atoms with Gasteiger partial charge in [0.2, 0.25) is 11.9 Å². The first-order valence-electron chi connectivity index (χ1n) is 12.8. The zero-order chi connectivity index (χ0) is 22.9. The maximum Gasteiger partial charge on any atom is 0.231 e. The van der Waals surface area contributed by atoms with Crippen molar-refractivity contribution in [1.29, 1.82) is 0 Å². The lowest BCUT2D eigenvalue weighted by Gasteiger charge is -2.24. The summed E-state index contributed by atoms with van der Waals surface area (Å²) in [5, 5.41) is 15.0. The Kier molecular flexibility index (Phi) is 5.81. The molecule has 3 aliphatic carbocycles. The van der Waals surface area contributed by atoms with Crippen LogP contribution in [0.15, 0.2) is 30.6 Å². The second kappa shape index (κ2) is 9.24. The Hall–Kier alpha value is -3.16. The largest absolute Gasteiger partial charge is 0.370 e. The lowest BCUT2D eigenvalue weighted by molar-refractivity contribution is -0.127. The number of carbonyl (C=O) groups is 1. The van der Waals surface area contributed by atoms with Gasteiger partial charge in [0.05, 0.1) is 11.7 Å². The van der Waals surface area contributed by atoms with E-state index in [-0.39, 0.29) is 11.8 Å². The molecule has 0 aliphatic heterocycles. The van der Waals surface area contributed by atoms with Gasteiger partial charge in [-0.2, -0.15) is 10.1 Å². The van der Waals surface area contributed by atoms with Gasteiger partial charge in [-0.05, 0) is 75.0 Å². The van der Waals surface area contributed by atoms with Crippen molar-refractivity contribution in [3.8, 4) is 0 Å². The highest BCUT2D eigenvalue weighted by atomic mass is 16.1. The van der Waals surface area contributed by atoms with E-state index in [1.807, 2.05) is 12.4 Å². The molecular formula is C26H33N7O. The van der Waals surface area contributed by atoms with Crippen LogP contribution in [0.4, 0.5) is 17.5 Å². The van der Waals surface area contributed by atoms with E-state index in [0.29, 0.717) is 18.4 Å². The van der Waals surface area contributed by atoms with Crippen molar-refractivity contribution in [3.05, 3.63) is 36.2 Å². The quantitative estimate of drug-likeness (QED) is 0.365. The van der Waals surface area contributed by atoms with Crippen LogP contribution in [-0.4, -0.2) is 45.7 Å². The van der Waals surface area contributed by atoms with Crippen molar-refractivity contribution >= 4 is 34.3 Å². The highest BCUT2D eigenvalue weighted by Gasteiger charge is 2.30. The number of benzene rings is 1. The molecule has 0 radical (unpaired) electrons. The number of hydrogen-bond donors (Lipinski definition) is 3. The second-order valence-electron chi connectivity index (χ2n) is 10.1. The summed E-state index contributed by atoms with van der Waals surface area (Å²) in [6, 6.07) is 6.38. The van der Waals surface area contributed by atoms with Gasteiger partial charge in [0, 0.05) is 48.4 Å². The Morgan fingerprint density at radius 2 is 1.97 bits per heavy atom. The standard InChI is InChI=1S/C26H33N7O/c34-25(19-3-1-4-19)28-12-2-11-27-24-22(18-7-8-18)15-29-26(31-24)33(16-17-5-6-17)21-10-9-20-14-30-32-23(20)13-21/h9-10,13-15,17-19H,1-8,11-12,16H2,(H,28,34)(H,30,32)(H,27,29,31). The number of amides is 1. The maximum atomic E-state index is 12.1. The summed E-state index contributed by atoms with van der Waals surface area (Å²) in [7, 11) is 0. The number of H-pyrrole nitrogens is 1. The van der Waals surface area contributed by atoms with Gasteiger partial charge in [0.1, 0.15) is 5.82 Å². The summed E-state index contributed by atoms with van der Waals surface area (Å²) in [5.41, 5.74) is 3.33. The lowest BCUT2D eigenvalue weighted by atomic mass is 9.85. The van der Waals surface area contributed by atoms with Crippen LogP contribution in [-0.2, 0) is 4.79 Å². The zero-order valence-electron chi connectivity index (χ0n) is 19.6. The normalized spacial score (nSPS) is 18.0. The highest BCUT2D eigenvalue weighted by molar-refractivity contribution is 5.83. The van der Waals surface area contributed by atoms with E-state index in [2.05, 4.69) is 43.9 Å². The number of aromatic nitrogens is 4. The Morgan fingerprint density at radius 3 is 2.74 bits per heavy atom. The molecule has 2 aromatic heterocycles. The van der Waals surface area contributed by atoms with E-state index >= 15 is 0 Å². The third kappa shape index (κ3) is 4.72. The van der Waals surface area contributed by atoms with E-state index in [4.69, 9.17) is 9.97 Å². The van der Waals surface area contributed by atoms with Crippen molar-refractivity contribution in [2.75, 3.05) is 29.9 Å². The molecule has 178 valence electrons. The predicted octanol–water partition coefficient (Wildman–Crippen LogP) is 4.50. The van der Waals surface area contributed by atoms with Crippen molar-refractivity contribution in [2.24, 2.45) is 11.8 Å². The predicted molar refractivity (Wildman–Crippen MR) is 133 cm³/mol. The topological polar surface area (TPSA) is 98.8 Å². The van der Waals surface area contributed by atoms with Crippen LogP contribution in [0.5, 0.6) is 0 Å². The zero-order valence-corrected chi connectivity index (χ0v) is 19.6. The van der Waals surface area contributed by atoms with E-state index in [0.717, 1.165) is 60.7 Å². The average molecular weight is 460 g/mol. The Labute approximate surface area is 199 Å². The van der Waals surface area contributed by atoms with Gasteiger partial charge >= 0.3 is 0 Å².